The van der Waals surface area contributed by atoms with Crippen LogP contribution in [-0.2, 0) is 4.74 Å². The average molecular weight is 1870 g/mol. The summed E-state index contributed by atoms with van der Waals surface area (Å²) in [6.07, 6.45) is 36.7. The van der Waals surface area contributed by atoms with E-state index in [0.29, 0.717) is 184 Å². The molecule has 13 nitrogen and oxygen atoms in total. The first-order chi connectivity index (χ1) is 64.9. The van der Waals surface area contributed by atoms with Gasteiger partial charge in [-0.15, -0.1) is 0 Å². The molecule has 0 amide bonds. The van der Waals surface area contributed by atoms with Crippen LogP contribution in [0.1, 0.15) is 372 Å². The van der Waals surface area contributed by atoms with Crippen molar-refractivity contribution in [3.8, 4) is 114 Å². The number of hydrogen-bond donors (Lipinski definition) is 0. The zero-order chi connectivity index (χ0) is 97.8. The maximum atomic E-state index is 7.18. The summed E-state index contributed by atoms with van der Waals surface area (Å²) in [6.45, 7) is 62.2. The van der Waals surface area contributed by atoms with Crippen LogP contribution in [0.2, 0.25) is 0 Å². The lowest BCUT2D eigenvalue weighted by Crippen LogP contribution is -2.12. The fraction of sp³-hybridized carbons (Fsp3) is 0.705. The van der Waals surface area contributed by atoms with Crippen LogP contribution in [0.4, 0.5) is 0 Å². The number of ether oxygens (including phenoxy) is 13. The zero-order valence-corrected chi connectivity index (χ0v) is 90.3. The Balaban J connectivity index is 1.39. The van der Waals surface area contributed by atoms with E-state index in [-0.39, 0.29) is 26.4 Å². The Morgan fingerprint density at radius 1 is 0.178 bits per heavy atom. The molecule has 7 rings (SSSR count). The van der Waals surface area contributed by atoms with Gasteiger partial charge in [-0.3, -0.25) is 0 Å². The molecule has 0 bridgehead atoms. The van der Waals surface area contributed by atoms with Crippen LogP contribution in [0, 0.1) is 94.7 Å². The summed E-state index contributed by atoms with van der Waals surface area (Å²) in [5.41, 5.74) is 7.53. The summed E-state index contributed by atoms with van der Waals surface area (Å²) in [5.74, 6) is 17.9. The molecule has 13 heteroatoms. The largest absolute Gasteiger partial charge is 0.490 e. The normalized spacial score (nSPS) is 14.7. The van der Waals surface area contributed by atoms with Gasteiger partial charge in [0.1, 0.15) is 26.4 Å². The van der Waals surface area contributed by atoms with Gasteiger partial charge in [0.25, 0.3) is 0 Å². The van der Waals surface area contributed by atoms with E-state index in [9.17, 15) is 0 Å². The summed E-state index contributed by atoms with van der Waals surface area (Å²) in [6, 6.07) is 34.6. The highest BCUT2D eigenvalue weighted by molar-refractivity contribution is 5.89. The quantitative estimate of drug-likeness (QED) is 0.0361. The molecule has 0 N–H and O–H groups in total. The van der Waals surface area contributed by atoms with Gasteiger partial charge in [0.2, 0.25) is 0 Å². The Bertz CT molecular complexity index is 3870. The molecule has 762 valence electrons. The number of hydrogen-bond acceptors (Lipinski definition) is 13. The molecule has 0 aliphatic carbocycles. The zero-order valence-electron chi connectivity index (χ0n) is 90.3. The van der Waals surface area contributed by atoms with E-state index in [2.05, 4.69) is 263 Å². The van der Waals surface area contributed by atoms with Crippen molar-refractivity contribution in [2.45, 2.75) is 372 Å². The van der Waals surface area contributed by atoms with Crippen LogP contribution in [0.25, 0.3) is 44.5 Å². The van der Waals surface area contributed by atoms with Crippen LogP contribution in [-0.4, -0.2) is 92.5 Å². The summed E-state index contributed by atoms with van der Waals surface area (Å²) < 4.78 is 90.3. The molecular weight excluding hydrogens is 1670 g/mol. The number of fused-ring (bicyclic) bond motifs is 2. The molecule has 0 unspecified atom stereocenters. The van der Waals surface area contributed by atoms with Crippen molar-refractivity contribution in [3.05, 3.63) is 97.1 Å². The number of rotatable bonds is 68. The van der Waals surface area contributed by atoms with E-state index in [1.807, 2.05) is 0 Å². The predicted octanol–water partition coefficient (Wildman–Crippen LogP) is 35.5. The van der Waals surface area contributed by atoms with E-state index in [1.54, 1.807) is 0 Å². The lowest BCUT2D eigenvalue weighted by Gasteiger charge is -2.22. The molecule has 0 aromatic heterocycles. The van der Waals surface area contributed by atoms with Gasteiger partial charge in [0.05, 0.1) is 66.1 Å². The van der Waals surface area contributed by atoms with Crippen LogP contribution in [0.3, 0.4) is 0 Å². The van der Waals surface area contributed by atoms with Crippen molar-refractivity contribution >= 4 is 0 Å². The molecule has 0 saturated heterocycles. The molecular formula is C122H196O13. The predicted molar refractivity (Wildman–Crippen MR) is 571 cm³/mol. The molecule has 1 aliphatic heterocycles. The maximum Gasteiger partial charge on any atom is 0.162 e. The second kappa shape index (κ2) is 65.0. The van der Waals surface area contributed by atoms with Crippen molar-refractivity contribution in [3.63, 3.8) is 0 Å². The van der Waals surface area contributed by atoms with Gasteiger partial charge in [-0.1, -0.05) is 345 Å². The average Bonchev–Trinajstić information content (AvgIpc) is 0.890. The number of benzene rings is 6. The second-order valence-corrected chi connectivity index (χ2v) is 44.9. The van der Waals surface area contributed by atoms with Gasteiger partial charge in [-0.25, -0.2) is 0 Å². The first-order valence-corrected chi connectivity index (χ1v) is 54.9. The third-order valence-corrected chi connectivity index (χ3v) is 27.5. The van der Waals surface area contributed by atoms with Crippen LogP contribution < -0.4 is 56.8 Å². The highest BCUT2D eigenvalue weighted by Gasteiger charge is 2.26. The summed E-state index contributed by atoms with van der Waals surface area (Å²) in [7, 11) is 0. The minimum Gasteiger partial charge on any atom is -0.490 e. The topological polar surface area (TPSA) is 120 Å². The van der Waals surface area contributed by atoms with Gasteiger partial charge >= 0.3 is 0 Å². The molecule has 0 radical (unpaired) electrons. The molecule has 0 spiro atoms. The SMILES string of the molecule is CC(C)CCC[C@H](C)CCOc1ccc(-c2cc3c(cc2-c2ccc(OCC[C@@H](C)CCCC(C)C)c(OCC[C@@H](C)CCCC(C)C)c2)OCCOc2cc(-c4ccc(OCC[C@@H](C)CCCC(C)C)c(OCC[C@@H](C)CCCC(C)C)c4)c(-c4ccc(OCC[C@@H](C)CCCC(C)C)c(OCC[C@@H](C)CCCC(C)C)c4)cc2OCCOCCO3)cc1OCC[C@@H](C)CCCC(C)C. The minimum absolute atomic E-state index is 0.163. The molecule has 6 aromatic rings. The van der Waals surface area contributed by atoms with Crippen molar-refractivity contribution < 1.29 is 61.6 Å². The Kier molecular flexibility index (Phi) is 55.3. The summed E-state index contributed by atoms with van der Waals surface area (Å²) >= 11 is 0. The standard InChI is InChI=1S/C122H196O13/c1-87(2)33-25-41-95(17)57-65-124-111-53-49-103(79-115(111)128-69-61-99(21)45-29-37-91(9)10)107-83-119-121(85-109(107)105-51-55-113(126-67-59-97(19)43-27-35-89(5)6)117(81-105)130-71-63-101(23)47-31-39-93(13)14)134-77-78-135-122-86-110(106-52-56-114(127-68-60-98(20)44-28-36-90(7)8)118(82-106)131-72-64-102(24)48-32-40-94(15)16)108(84-120(122)133-76-74-123-73-75-132-119)104-50-54-112(125-66-58-96(18)42-26-34-88(3)4)116(80-104)129-70-62-100(22)46-30-38-92(11)12/h49-56,79-102H,25-48,57-78H2,1-24H3/t95-,96-,97-,98-,99-,100-,101-,102-/m0/s1. The lowest BCUT2D eigenvalue weighted by atomic mass is 9.93. The molecule has 0 fully saturated rings. The Morgan fingerprint density at radius 2 is 0.333 bits per heavy atom. The highest BCUT2D eigenvalue weighted by Crippen LogP contribution is 2.49. The monoisotopic (exact) mass is 1870 g/mol. The van der Waals surface area contributed by atoms with Gasteiger partial charge in [-0.2, -0.15) is 0 Å². The molecule has 8 atom stereocenters. The van der Waals surface area contributed by atoms with E-state index >= 15 is 0 Å². The third kappa shape index (κ3) is 46.7. The first kappa shape index (κ1) is 115. The molecule has 1 heterocycles. The minimum atomic E-state index is 0.163. The van der Waals surface area contributed by atoms with Crippen LogP contribution in [0.5, 0.6) is 69.0 Å². The Labute approximate surface area is 826 Å². The lowest BCUT2D eigenvalue weighted by molar-refractivity contribution is 0.0754. The smallest absolute Gasteiger partial charge is 0.162 e. The van der Waals surface area contributed by atoms with E-state index in [0.717, 1.165) is 142 Å². The molecule has 0 saturated carbocycles. The highest BCUT2D eigenvalue weighted by atomic mass is 16.6. The van der Waals surface area contributed by atoms with Gasteiger partial charge < -0.3 is 61.6 Å². The molecule has 1 aliphatic rings. The van der Waals surface area contributed by atoms with Crippen molar-refractivity contribution in [2.24, 2.45) is 94.7 Å². The fourth-order valence-electron chi connectivity index (χ4n) is 18.1. The molecule has 6 aromatic carbocycles. The first-order valence-electron chi connectivity index (χ1n) is 54.9. The van der Waals surface area contributed by atoms with Gasteiger partial charge in [0.15, 0.2) is 69.0 Å². The van der Waals surface area contributed by atoms with E-state index in [4.69, 9.17) is 61.6 Å². The van der Waals surface area contributed by atoms with Crippen molar-refractivity contribution in [1.29, 1.82) is 0 Å². The van der Waals surface area contributed by atoms with E-state index in [1.165, 1.54) is 154 Å². The van der Waals surface area contributed by atoms with Gasteiger partial charge in [0, 0.05) is 0 Å². The Morgan fingerprint density at radius 3 is 0.496 bits per heavy atom. The summed E-state index contributed by atoms with van der Waals surface area (Å²) in [5, 5.41) is 0. The summed E-state index contributed by atoms with van der Waals surface area (Å²) in [4.78, 5) is 0. The van der Waals surface area contributed by atoms with Crippen molar-refractivity contribution in [2.75, 3.05) is 92.5 Å². The molecule has 135 heavy (non-hydrogen) atoms. The van der Waals surface area contributed by atoms with Crippen molar-refractivity contribution in [1.82, 2.24) is 0 Å². The van der Waals surface area contributed by atoms with E-state index < -0.39 is 0 Å². The fourth-order valence-corrected chi connectivity index (χ4v) is 18.1. The Hall–Kier alpha value is -7.12. The third-order valence-electron chi connectivity index (χ3n) is 27.5. The van der Waals surface area contributed by atoms with Gasteiger partial charge in [-0.05, 0) is 263 Å². The van der Waals surface area contributed by atoms with Crippen LogP contribution in [0.15, 0.2) is 97.1 Å². The van der Waals surface area contributed by atoms with Crippen LogP contribution >= 0.6 is 0 Å². The second-order valence-electron chi connectivity index (χ2n) is 44.9. The maximum absolute atomic E-state index is 7.18.